The number of aromatic nitrogens is 3. The third kappa shape index (κ3) is 2.64. The minimum Gasteiger partial charge on any atom is -0.267 e. The lowest BCUT2D eigenvalue weighted by molar-refractivity contribution is 0.642. The predicted octanol–water partition coefficient (Wildman–Crippen LogP) is 2.80. The zero-order valence-corrected chi connectivity index (χ0v) is 12.6. The van der Waals surface area contributed by atoms with Crippen LogP contribution in [0.5, 0.6) is 0 Å². The van der Waals surface area contributed by atoms with E-state index < -0.39 is 0 Å². The molecule has 1 fully saturated rings. The topological polar surface area (TPSA) is 50.7 Å². The van der Waals surface area contributed by atoms with Gasteiger partial charge in [0.1, 0.15) is 0 Å². The lowest BCUT2D eigenvalue weighted by atomic mass is 10.2. The van der Waals surface area contributed by atoms with Crippen LogP contribution in [0.4, 0.5) is 0 Å². The molecule has 1 heterocycles. The Morgan fingerprint density at radius 1 is 1.39 bits per heavy atom. The van der Waals surface area contributed by atoms with Crippen LogP contribution in [-0.4, -0.2) is 14.8 Å². The normalized spacial score (nSPS) is 14.9. The number of rotatable bonds is 4. The standard InChI is InChI=1S/C12H12IN3OS/c13-9-3-1-8(2-4-9)7-18-12-15-14-11(17)16(12)10-5-6-10/h1-4,10H,5-7H2,(H,14,17). The minimum atomic E-state index is -0.0809. The quantitative estimate of drug-likeness (QED) is 0.663. The first-order chi connectivity index (χ1) is 8.74. The van der Waals surface area contributed by atoms with Crippen molar-refractivity contribution in [1.82, 2.24) is 14.8 Å². The van der Waals surface area contributed by atoms with Gasteiger partial charge in [-0.2, -0.15) is 0 Å². The molecular weight excluding hydrogens is 361 g/mol. The number of benzene rings is 1. The second-order valence-electron chi connectivity index (χ2n) is 4.33. The van der Waals surface area contributed by atoms with Gasteiger partial charge in [0, 0.05) is 15.4 Å². The summed E-state index contributed by atoms with van der Waals surface area (Å²) in [6.07, 6.45) is 2.19. The molecule has 0 amide bonds. The number of nitrogens with zero attached hydrogens (tertiary/aromatic N) is 2. The predicted molar refractivity (Wildman–Crippen MR) is 79.8 cm³/mol. The molecule has 4 nitrogen and oxygen atoms in total. The molecule has 1 saturated carbocycles. The fraction of sp³-hybridized carbons (Fsp3) is 0.333. The summed E-state index contributed by atoms with van der Waals surface area (Å²) < 4.78 is 3.02. The molecule has 94 valence electrons. The molecule has 0 unspecified atom stereocenters. The smallest absolute Gasteiger partial charge is 0.267 e. The van der Waals surface area contributed by atoms with Crippen LogP contribution in [0.2, 0.25) is 0 Å². The third-order valence-electron chi connectivity index (χ3n) is 2.87. The van der Waals surface area contributed by atoms with Gasteiger partial charge in [0.2, 0.25) is 0 Å². The molecule has 6 heteroatoms. The van der Waals surface area contributed by atoms with Crippen LogP contribution in [0, 0.1) is 3.57 Å². The average Bonchev–Trinajstić information content (AvgIpc) is 3.13. The van der Waals surface area contributed by atoms with Crippen molar-refractivity contribution in [3.63, 3.8) is 0 Å². The van der Waals surface area contributed by atoms with E-state index in [1.807, 2.05) is 0 Å². The molecule has 3 rings (SSSR count). The molecule has 18 heavy (non-hydrogen) atoms. The summed E-state index contributed by atoms with van der Waals surface area (Å²) in [5.41, 5.74) is 1.17. The highest BCUT2D eigenvalue weighted by Gasteiger charge is 2.28. The molecule has 1 aliphatic rings. The number of nitrogens with one attached hydrogen (secondary N) is 1. The summed E-state index contributed by atoms with van der Waals surface area (Å²) in [4.78, 5) is 11.6. The summed E-state index contributed by atoms with van der Waals surface area (Å²) in [7, 11) is 0. The fourth-order valence-corrected chi connectivity index (χ4v) is 3.10. The first-order valence-corrected chi connectivity index (χ1v) is 7.84. The average molecular weight is 373 g/mol. The van der Waals surface area contributed by atoms with Gasteiger partial charge in [0.25, 0.3) is 0 Å². The first-order valence-electron chi connectivity index (χ1n) is 5.78. The number of thioether (sulfide) groups is 1. The highest BCUT2D eigenvalue weighted by atomic mass is 127. The highest BCUT2D eigenvalue weighted by molar-refractivity contribution is 14.1. The zero-order valence-electron chi connectivity index (χ0n) is 9.60. The molecule has 0 aliphatic heterocycles. The summed E-state index contributed by atoms with van der Waals surface area (Å²) in [6, 6.07) is 8.78. The van der Waals surface area contributed by atoms with Crippen molar-refractivity contribution in [3.8, 4) is 0 Å². The lowest BCUT2D eigenvalue weighted by Gasteiger charge is -2.03. The molecule has 0 atom stereocenters. The SMILES string of the molecule is O=c1[nH]nc(SCc2ccc(I)cc2)n1C1CC1. The fourth-order valence-electron chi connectivity index (χ4n) is 1.78. The van der Waals surface area contributed by atoms with Crippen molar-refractivity contribution < 1.29 is 0 Å². The minimum absolute atomic E-state index is 0.0809. The number of aromatic amines is 1. The van der Waals surface area contributed by atoms with Crippen molar-refractivity contribution in [2.75, 3.05) is 0 Å². The first kappa shape index (κ1) is 12.3. The third-order valence-corrected chi connectivity index (χ3v) is 4.61. The highest BCUT2D eigenvalue weighted by Crippen LogP contribution is 2.36. The van der Waals surface area contributed by atoms with Crippen molar-refractivity contribution in [3.05, 3.63) is 43.9 Å². The maximum Gasteiger partial charge on any atom is 0.344 e. The summed E-state index contributed by atoms with van der Waals surface area (Å²) in [5.74, 6) is 0.841. The van der Waals surface area contributed by atoms with Gasteiger partial charge < -0.3 is 0 Å². The van der Waals surface area contributed by atoms with Gasteiger partial charge in [0.05, 0.1) is 0 Å². The maximum absolute atomic E-state index is 11.6. The van der Waals surface area contributed by atoms with Crippen LogP contribution < -0.4 is 5.69 Å². The Kier molecular flexibility index (Phi) is 3.47. The molecular formula is C12H12IN3OS. The van der Waals surface area contributed by atoms with E-state index in [0.29, 0.717) is 6.04 Å². The second kappa shape index (κ2) is 5.08. The van der Waals surface area contributed by atoms with Gasteiger partial charge in [-0.05, 0) is 53.1 Å². The van der Waals surface area contributed by atoms with Crippen molar-refractivity contribution >= 4 is 34.4 Å². The zero-order chi connectivity index (χ0) is 12.5. The Bertz CT molecular complexity index is 601. The van der Waals surface area contributed by atoms with E-state index in [1.165, 1.54) is 9.13 Å². The van der Waals surface area contributed by atoms with E-state index in [4.69, 9.17) is 0 Å². The van der Waals surface area contributed by atoms with Crippen LogP contribution in [0.1, 0.15) is 24.4 Å². The molecule has 1 aromatic heterocycles. The van der Waals surface area contributed by atoms with Crippen molar-refractivity contribution in [2.45, 2.75) is 29.8 Å². The van der Waals surface area contributed by atoms with E-state index in [-0.39, 0.29) is 5.69 Å². The number of H-pyrrole nitrogens is 1. The largest absolute Gasteiger partial charge is 0.344 e. The molecule has 2 aromatic rings. The molecule has 0 radical (unpaired) electrons. The van der Waals surface area contributed by atoms with E-state index >= 15 is 0 Å². The number of halogens is 1. The lowest BCUT2D eigenvalue weighted by Crippen LogP contribution is -2.16. The van der Waals surface area contributed by atoms with E-state index in [1.54, 1.807) is 16.3 Å². The Morgan fingerprint density at radius 3 is 2.78 bits per heavy atom. The number of hydrogen-bond acceptors (Lipinski definition) is 3. The van der Waals surface area contributed by atoms with Crippen LogP contribution in [-0.2, 0) is 5.75 Å². The van der Waals surface area contributed by atoms with Crippen LogP contribution in [0.25, 0.3) is 0 Å². The Hall–Kier alpha value is -0.760. The summed E-state index contributed by atoms with van der Waals surface area (Å²) in [6.45, 7) is 0. The summed E-state index contributed by atoms with van der Waals surface area (Å²) in [5, 5.41) is 7.44. The molecule has 0 spiro atoms. The van der Waals surface area contributed by atoms with Crippen LogP contribution in [0.15, 0.2) is 34.2 Å². The molecule has 1 aliphatic carbocycles. The van der Waals surface area contributed by atoms with Gasteiger partial charge >= 0.3 is 5.69 Å². The monoisotopic (exact) mass is 373 g/mol. The van der Waals surface area contributed by atoms with Gasteiger partial charge in [-0.15, -0.1) is 5.10 Å². The van der Waals surface area contributed by atoms with E-state index in [0.717, 1.165) is 23.8 Å². The molecule has 0 saturated heterocycles. The Morgan fingerprint density at radius 2 is 2.11 bits per heavy atom. The van der Waals surface area contributed by atoms with Crippen molar-refractivity contribution in [2.24, 2.45) is 0 Å². The molecule has 0 bridgehead atoms. The van der Waals surface area contributed by atoms with Gasteiger partial charge in [-0.1, -0.05) is 23.9 Å². The summed E-state index contributed by atoms with van der Waals surface area (Å²) >= 11 is 3.91. The van der Waals surface area contributed by atoms with E-state index in [9.17, 15) is 4.79 Å². The molecule has 1 N–H and O–H groups in total. The van der Waals surface area contributed by atoms with Gasteiger partial charge in [-0.25, -0.2) is 9.89 Å². The van der Waals surface area contributed by atoms with Crippen LogP contribution >= 0.6 is 34.4 Å². The van der Waals surface area contributed by atoms with Crippen LogP contribution in [0.3, 0.4) is 0 Å². The second-order valence-corrected chi connectivity index (χ2v) is 6.52. The number of hydrogen-bond donors (Lipinski definition) is 1. The van der Waals surface area contributed by atoms with Gasteiger partial charge in [-0.3, -0.25) is 4.57 Å². The maximum atomic E-state index is 11.6. The molecule has 1 aromatic carbocycles. The van der Waals surface area contributed by atoms with E-state index in [2.05, 4.69) is 57.1 Å². The Labute approximate surface area is 122 Å². The van der Waals surface area contributed by atoms with Crippen molar-refractivity contribution in [1.29, 1.82) is 0 Å². The Balaban J connectivity index is 1.73. The van der Waals surface area contributed by atoms with Gasteiger partial charge in [0.15, 0.2) is 5.16 Å².